The van der Waals surface area contributed by atoms with Crippen LogP contribution in [0.3, 0.4) is 0 Å². The smallest absolute Gasteiger partial charge is 1.00 e. The van der Waals surface area contributed by atoms with Crippen molar-refractivity contribution < 1.29 is 51.0 Å². The molecule has 0 aromatic heterocycles. The van der Waals surface area contributed by atoms with E-state index in [4.69, 9.17) is 0 Å². The van der Waals surface area contributed by atoms with Gasteiger partial charge in [0.05, 0.1) is 0 Å². The van der Waals surface area contributed by atoms with Gasteiger partial charge in [0.1, 0.15) is 0 Å². The number of fused-ring (bicyclic) bond motifs is 2. The quantitative estimate of drug-likeness (QED) is 0.488. The van der Waals surface area contributed by atoms with Gasteiger partial charge in [-0.1, -0.05) is 59.7 Å². The number of hydrogen-bond donors (Lipinski definition) is 0. The molecule has 2 aliphatic carbocycles. The van der Waals surface area contributed by atoms with Gasteiger partial charge in [0.2, 0.25) is 0 Å². The molecule has 0 bridgehead atoms. The molecule has 4 rings (SSSR count). The largest absolute Gasteiger partial charge is 2.00 e. The third-order valence-corrected chi connectivity index (χ3v) is 5.73. The van der Waals surface area contributed by atoms with Crippen LogP contribution in [0, 0.1) is 5.92 Å². The predicted octanol–water partition coefficient (Wildman–Crippen LogP) is 0.180. The zero-order valence-corrected chi connectivity index (χ0v) is 19.9. The fourth-order valence-corrected chi connectivity index (χ4v) is 4.95. The molecule has 2 unspecified atom stereocenters. The maximum Gasteiger partial charge on any atom is 2.00 e. The number of allylic oxidation sites excluding steroid dienone is 6. The van der Waals surface area contributed by atoms with Gasteiger partial charge >= 0.3 is 26.2 Å². The van der Waals surface area contributed by atoms with Crippen LogP contribution in [0.2, 0.25) is 0 Å². The maximum absolute atomic E-state index is 2.31. The number of rotatable bonds is 0. The van der Waals surface area contributed by atoms with E-state index in [-0.39, 0.29) is 51.0 Å². The molecule has 1 heterocycles. The minimum absolute atomic E-state index is 0. The van der Waals surface area contributed by atoms with Crippen LogP contribution in [0.15, 0.2) is 64.1 Å². The Kier molecular flexibility index (Phi) is 11.0. The molecule has 1 fully saturated rings. The van der Waals surface area contributed by atoms with Crippen LogP contribution in [0.1, 0.15) is 38.8 Å². The van der Waals surface area contributed by atoms with Crippen LogP contribution >= 0.6 is 11.8 Å². The molecular weight excluding hydrogens is 446 g/mol. The molecule has 0 saturated carbocycles. The zero-order valence-electron chi connectivity index (χ0n) is 15.1. The summed E-state index contributed by atoms with van der Waals surface area (Å²) in [5.74, 6) is 0.634. The van der Waals surface area contributed by atoms with Gasteiger partial charge in [-0.25, -0.2) is 0 Å². The Labute approximate surface area is 188 Å². The van der Waals surface area contributed by atoms with Gasteiger partial charge in [-0.15, -0.1) is 11.8 Å². The van der Waals surface area contributed by atoms with Crippen molar-refractivity contribution in [3.05, 3.63) is 75.2 Å². The molecule has 1 saturated heterocycles. The third kappa shape index (κ3) is 5.73. The van der Waals surface area contributed by atoms with Gasteiger partial charge in [0, 0.05) is 11.2 Å². The summed E-state index contributed by atoms with van der Waals surface area (Å²) in [6.07, 6.45) is 10.2. The summed E-state index contributed by atoms with van der Waals surface area (Å²) in [6, 6.07) is 8.56. The second-order valence-corrected chi connectivity index (χ2v) is 7.93. The van der Waals surface area contributed by atoms with Crippen LogP contribution in [0.5, 0.6) is 0 Å². The first-order valence-corrected chi connectivity index (χ1v) is 8.91. The normalized spacial score (nSPS) is 21.4. The van der Waals surface area contributed by atoms with Crippen LogP contribution in [-0.4, -0.2) is 5.25 Å². The van der Waals surface area contributed by atoms with E-state index in [9.17, 15) is 0 Å². The Balaban J connectivity index is 0.000000416. The van der Waals surface area contributed by atoms with Crippen molar-refractivity contribution in [2.45, 2.75) is 39.4 Å². The average molecular weight is 471 g/mol. The van der Waals surface area contributed by atoms with Gasteiger partial charge < -0.3 is 24.8 Å². The van der Waals surface area contributed by atoms with E-state index in [0.29, 0.717) is 11.2 Å². The first kappa shape index (κ1) is 25.0. The molecule has 0 radical (unpaired) electrons. The summed E-state index contributed by atoms with van der Waals surface area (Å²) >= 11 is 2.01. The van der Waals surface area contributed by atoms with Crippen molar-refractivity contribution in [3.8, 4) is 0 Å². The second kappa shape index (κ2) is 11.0. The van der Waals surface area contributed by atoms with Crippen molar-refractivity contribution in [1.29, 1.82) is 0 Å². The summed E-state index contributed by atoms with van der Waals surface area (Å²) in [4.78, 5) is 1.54. The molecule has 0 N–H and O–H groups in total. The topological polar surface area (TPSA) is 0 Å². The second-order valence-electron chi connectivity index (χ2n) is 6.51. The van der Waals surface area contributed by atoms with Crippen molar-refractivity contribution in [3.63, 3.8) is 0 Å². The van der Waals surface area contributed by atoms with E-state index in [1.165, 1.54) is 22.3 Å². The molecule has 1 aromatic carbocycles. The number of hydrogen-bond acceptors (Lipinski definition) is 1. The molecular formula is C21H24Cl2SZr. The van der Waals surface area contributed by atoms with Crippen LogP contribution in [0.4, 0.5) is 0 Å². The fourth-order valence-electron chi connectivity index (χ4n) is 3.52. The van der Waals surface area contributed by atoms with Crippen LogP contribution in [0.25, 0.3) is 6.08 Å². The molecule has 4 heteroatoms. The van der Waals surface area contributed by atoms with Crippen molar-refractivity contribution >= 4 is 17.8 Å². The molecule has 0 amide bonds. The van der Waals surface area contributed by atoms with E-state index in [1.54, 1.807) is 10.5 Å². The summed E-state index contributed by atoms with van der Waals surface area (Å²) in [7, 11) is 0. The van der Waals surface area contributed by atoms with Crippen molar-refractivity contribution in [1.82, 2.24) is 0 Å². The van der Waals surface area contributed by atoms with Gasteiger partial charge in [-0.3, -0.25) is 0 Å². The van der Waals surface area contributed by atoms with Gasteiger partial charge in [0.25, 0.3) is 0 Å². The number of benzene rings is 1. The summed E-state index contributed by atoms with van der Waals surface area (Å²) in [5, 5.41) is 0.691. The van der Waals surface area contributed by atoms with E-state index < -0.39 is 0 Å². The maximum atomic E-state index is 2.31. The standard InChI is InChI=1S/C11H14S.C10H10.2ClH.Zr/c1-7(2)11-8(3)12-10-6-4-5-9(10)11;1-8-6-9-4-2-3-5-10(9)7-8;;;/h4-6,8-9H,1-3H3;2-6H,7H2,1H3;2*1H;/q;;;;+2/p-2. The molecule has 2 atom stereocenters. The minimum Gasteiger partial charge on any atom is -1.00 e. The Bertz CT molecular complexity index is 712. The molecule has 3 aliphatic rings. The Morgan fingerprint density at radius 2 is 1.80 bits per heavy atom. The van der Waals surface area contributed by atoms with Crippen molar-refractivity contribution in [2.75, 3.05) is 0 Å². The monoisotopic (exact) mass is 468 g/mol. The number of thioether (sulfide) groups is 1. The Hall–Kier alpha value is -0.00688. The van der Waals surface area contributed by atoms with Crippen molar-refractivity contribution in [2.24, 2.45) is 5.92 Å². The Morgan fingerprint density at radius 1 is 1.12 bits per heavy atom. The molecule has 1 aliphatic heterocycles. The van der Waals surface area contributed by atoms with E-state index in [0.717, 1.165) is 6.42 Å². The predicted molar refractivity (Wildman–Crippen MR) is 99.9 cm³/mol. The molecule has 132 valence electrons. The average Bonchev–Trinajstić information content (AvgIpc) is 3.10. The van der Waals surface area contributed by atoms with Gasteiger partial charge in [-0.2, -0.15) is 0 Å². The van der Waals surface area contributed by atoms with Crippen LogP contribution in [-0.2, 0) is 32.6 Å². The Morgan fingerprint density at radius 3 is 2.44 bits per heavy atom. The van der Waals surface area contributed by atoms with E-state index in [1.807, 2.05) is 11.8 Å². The third-order valence-electron chi connectivity index (χ3n) is 4.46. The first-order chi connectivity index (χ1) is 10.6. The minimum atomic E-state index is 0. The summed E-state index contributed by atoms with van der Waals surface area (Å²) in [5.41, 5.74) is 7.47. The van der Waals surface area contributed by atoms with Gasteiger partial charge in [-0.05, 0) is 55.7 Å². The fraction of sp³-hybridized carbons (Fsp3) is 0.333. The molecule has 1 aromatic rings. The summed E-state index contributed by atoms with van der Waals surface area (Å²) in [6.45, 7) is 8.93. The molecule has 0 spiro atoms. The van der Waals surface area contributed by atoms with Gasteiger partial charge in [0.15, 0.2) is 0 Å². The van der Waals surface area contributed by atoms with Crippen LogP contribution < -0.4 is 24.8 Å². The first-order valence-electron chi connectivity index (χ1n) is 8.03. The van der Waals surface area contributed by atoms with E-state index in [2.05, 4.69) is 76.3 Å². The van der Waals surface area contributed by atoms with E-state index >= 15 is 0 Å². The zero-order chi connectivity index (χ0) is 15.7. The SMILES string of the molecule is CC(C)=C1C(C)SC2=CC=CC21.CC1=Cc2ccccc2C1.[Cl-].[Cl-].[Zr+2]. The summed E-state index contributed by atoms with van der Waals surface area (Å²) < 4.78 is 0. The molecule has 25 heavy (non-hydrogen) atoms. The molecule has 0 nitrogen and oxygen atoms in total. The number of halogens is 2.